The summed E-state index contributed by atoms with van der Waals surface area (Å²) in [5.74, 6) is 0.906. The lowest BCUT2D eigenvalue weighted by Crippen LogP contribution is -2.17. The molecule has 2 heterocycles. The minimum absolute atomic E-state index is 0.0312. The maximum absolute atomic E-state index is 12.5. The molecule has 0 radical (unpaired) electrons. The SMILES string of the molecule is COC(=O)c1cc2c(cc1NC(=O)Cc1nc(-c3ccc(OC)cc3)no1)OCO2. The highest BCUT2D eigenvalue weighted by Crippen LogP contribution is 2.37. The standard InChI is InChI=1S/C20H17N3O7/c1-26-12-5-3-11(4-6-12)19-22-18(30-23-19)9-17(24)21-14-8-16-15(28-10-29-16)7-13(14)20(25)27-2/h3-8H,9-10H2,1-2H3,(H,21,24). The first-order valence-corrected chi connectivity index (χ1v) is 8.86. The van der Waals surface area contributed by atoms with Gasteiger partial charge in [0, 0.05) is 17.7 Å². The highest BCUT2D eigenvalue weighted by molar-refractivity contribution is 6.02. The number of anilines is 1. The summed E-state index contributed by atoms with van der Waals surface area (Å²) in [7, 11) is 2.82. The molecule has 0 fully saturated rings. The molecule has 0 unspecified atom stereocenters. The van der Waals surface area contributed by atoms with Crippen molar-refractivity contribution in [3.8, 4) is 28.6 Å². The zero-order chi connectivity index (χ0) is 21.1. The van der Waals surface area contributed by atoms with Crippen molar-refractivity contribution in [2.75, 3.05) is 26.3 Å². The molecule has 10 nitrogen and oxygen atoms in total. The third-order valence-electron chi connectivity index (χ3n) is 4.32. The average Bonchev–Trinajstić information content (AvgIpc) is 3.41. The van der Waals surface area contributed by atoms with Gasteiger partial charge in [0.25, 0.3) is 0 Å². The summed E-state index contributed by atoms with van der Waals surface area (Å²) < 4.78 is 25.6. The van der Waals surface area contributed by atoms with Gasteiger partial charge in [-0.1, -0.05) is 5.16 Å². The van der Waals surface area contributed by atoms with Crippen LogP contribution in [0.4, 0.5) is 5.69 Å². The van der Waals surface area contributed by atoms with Crippen LogP contribution in [0.5, 0.6) is 17.2 Å². The molecule has 1 aliphatic rings. The average molecular weight is 411 g/mol. The Balaban J connectivity index is 1.49. The largest absolute Gasteiger partial charge is 0.497 e. The van der Waals surface area contributed by atoms with Gasteiger partial charge in [0.2, 0.25) is 24.4 Å². The monoisotopic (exact) mass is 411 g/mol. The maximum atomic E-state index is 12.5. The van der Waals surface area contributed by atoms with E-state index in [0.29, 0.717) is 23.1 Å². The Hall–Kier alpha value is -4.08. The highest BCUT2D eigenvalue weighted by atomic mass is 16.7. The van der Waals surface area contributed by atoms with E-state index in [2.05, 4.69) is 15.5 Å². The minimum atomic E-state index is -0.622. The fourth-order valence-corrected chi connectivity index (χ4v) is 2.84. The lowest BCUT2D eigenvalue weighted by atomic mass is 10.1. The van der Waals surface area contributed by atoms with Gasteiger partial charge in [-0.05, 0) is 24.3 Å². The number of rotatable bonds is 6. The summed E-state index contributed by atoms with van der Waals surface area (Å²) in [6, 6.07) is 10.1. The number of esters is 1. The van der Waals surface area contributed by atoms with E-state index in [9.17, 15) is 9.59 Å². The first-order valence-electron chi connectivity index (χ1n) is 8.86. The summed E-state index contributed by atoms with van der Waals surface area (Å²) in [6.07, 6.45) is -0.182. The van der Waals surface area contributed by atoms with Gasteiger partial charge in [-0.3, -0.25) is 4.79 Å². The van der Waals surface area contributed by atoms with Gasteiger partial charge >= 0.3 is 5.97 Å². The molecule has 154 valence electrons. The molecule has 10 heteroatoms. The van der Waals surface area contributed by atoms with Crippen molar-refractivity contribution in [1.29, 1.82) is 0 Å². The van der Waals surface area contributed by atoms with Crippen LogP contribution in [0.3, 0.4) is 0 Å². The Bertz CT molecular complexity index is 1090. The number of amides is 1. The van der Waals surface area contributed by atoms with E-state index in [0.717, 1.165) is 5.56 Å². The van der Waals surface area contributed by atoms with Crippen LogP contribution in [0.25, 0.3) is 11.4 Å². The fraction of sp³-hybridized carbons (Fsp3) is 0.200. The Kier molecular flexibility index (Phi) is 5.21. The molecule has 1 aromatic heterocycles. The van der Waals surface area contributed by atoms with Crippen molar-refractivity contribution >= 4 is 17.6 Å². The molecule has 0 bridgehead atoms. The number of nitrogens with one attached hydrogen (secondary N) is 1. The molecule has 1 aliphatic heterocycles. The summed E-state index contributed by atoms with van der Waals surface area (Å²) in [4.78, 5) is 28.8. The van der Waals surface area contributed by atoms with Crippen LogP contribution < -0.4 is 19.5 Å². The van der Waals surface area contributed by atoms with Crippen LogP contribution in [0.1, 0.15) is 16.2 Å². The first kappa shape index (κ1) is 19.2. The molecule has 0 aliphatic carbocycles. The van der Waals surface area contributed by atoms with Crippen molar-refractivity contribution in [2.45, 2.75) is 6.42 Å². The van der Waals surface area contributed by atoms with Gasteiger partial charge in [0.15, 0.2) is 11.5 Å². The third-order valence-corrected chi connectivity index (χ3v) is 4.32. The van der Waals surface area contributed by atoms with E-state index >= 15 is 0 Å². The maximum Gasteiger partial charge on any atom is 0.340 e. The van der Waals surface area contributed by atoms with Crippen molar-refractivity contribution in [3.05, 3.63) is 47.9 Å². The first-order chi connectivity index (χ1) is 14.6. The molecule has 0 spiro atoms. The summed E-state index contributed by atoms with van der Waals surface area (Å²) >= 11 is 0. The lowest BCUT2D eigenvalue weighted by molar-refractivity contribution is -0.115. The topological polar surface area (TPSA) is 122 Å². The van der Waals surface area contributed by atoms with Gasteiger partial charge in [0.1, 0.15) is 12.2 Å². The molecule has 1 amide bonds. The number of carbonyl (C=O) groups excluding carboxylic acids is 2. The predicted octanol–water partition coefficient (Wildman–Crippen LogP) is 2.44. The quantitative estimate of drug-likeness (QED) is 0.609. The normalized spacial score (nSPS) is 11.8. The number of nitrogens with zero attached hydrogens (tertiary/aromatic N) is 2. The number of hydrogen-bond acceptors (Lipinski definition) is 9. The Morgan fingerprint density at radius 1 is 1.10 bits per heavy atom. The fourth-order valence-electron chi connectivity index (χ4n) is 2.84. The molecule has 0 atom stereocenters. The van der Waals surface area contributed by atoms with Crippen molar-refractivity contribution in [1.82, 2.24) is 10.1 Å². The predicted molar refractivity (Wildman–Crippen MR) is 103 cm³/mol. The van der Waals surface area contributed by atoms with Crippen LogP contribution in [0, 0.1) is 0 Å². The molecular formula is C20H17N3O7. The summed E-state index contributed by atoms with van der Waals surface area (Å²) in [5, 5.41) is 6.54. The number of benzene rings is 2. The van der Waals surface area contributed by atoms with Crippen LogP contribution in [0.15, 0.2) is 40.9 Å². The molecule has 0 saturated heterocycles. The Morgan fingerprint density at radius 3 is 2.53 bits per heavy atom. The second-order valence-electron chi connectivity index (χ2n) is 6.21. The number of fused-ring (bicyclic) bond motifs is 1. The molecule has 2 aromatic carbocycles. The molecule has 30 heavy (non-hydrogen) atoms. The van der Waals surface area contributed by atoms with Crippen LogP contribution >= 0.6 is 0 Å². The van der Waals surface area contributed by atoms with Crippen LogP contribution in [-0.2, 0) is 16.0 Å². The molecule has 3 aromatic rings. The number of ether oxygens (including phenoxy) is 4. The van der Waals surface area contributed by atoms with Crippen LogP contribution in [0.2, 0.25) is 0 Å². The second-order valence-corrected chi connectivity index (χ2v) is 6.21. The zero-order valence-corrected chi connectivity index (χ0v) is 16.1. The van der Waals surface area contributed by atoms with Gasteiger partial charge in [0.05, 0.1) is 25.5 Å². The number of carbonyl (C=O) groups is 2. The molecule has 1 N–H and O–H groups in total. The second kappa shape index (κ2) is 8.11. The van der Waals surface area contributed by atoms with Crippen molar-refractivity contribution < 1.29 is 33.1 Å². The van der Waals surface area contributed by atoms with Crippen molar-refractivity contribution in [2.24, 2.45) is 0 Å². The van der Waals surface area contributed by atoms with Crippen molar-refractivity contribution in [3.63, 3.8) is 0 Å². The summed E-state index contributed by atoms with van der Waals surface area (Å²) in [5.41, 5.74) is 1.08. The Labute approximate surface area is 170 Å². The Morgan fingerprint density at radius 2 is 1.83 bits per heavy atom. The van der Waals surface area contributed by atoms with Crippen LogP contribution in [-0.4, -0.2) is 43.0 Å². The zero-order valence-electron chi connectivity index (χ0n) is 16.1. The lowest BCUT2D eigenvalue weighted by Gasteiger charge is -2.10. The van der Waals surface area contributed by atoms with E-state index in [1.807, 2.05) is 0 Å². The number of hydrogen-bond donors (Lipinski definition) is 1. The number of methoxy groups -OCH3 is 2. The minimum Gasteiger partial charge on any atom is -0.497 e. The summed E-state index contributed by atoms with van der Waals surface area (Å²) in [6.45, 7) is 0.0312. The smallest absolute Gasteiger partial charge is 0.340 e. The van der Waals surface area contributed by atoms with E-state index in [1.54, 1.807) is 31.4 Å². The van der Waals surface area contributed by atoms with Gasteiger partial charge < -0.3 is 28.8 Å². The van der Waals surface area contributed by atoms with E-state index < -0.39 is 11.9 Å². The van der Waals surface area contributed by atoms with Gasteiger partial charge in [-0.15, -0.1) is 0 Å². The third kappa shape index (κ3) is 3.88. The van der Waals surface area contributed by atoms with E-state index in [1.165, 1.54) is 19.2 Å². The van der Waals surface area contributed by atoms with E-state index in [-0.39, 0.29) is 30.4 Å². The van der Waals surface area contributed by atoms with Gasteiger partial charge in [-0.2, -0.15) is 4.98 Å². The van der Waals surface area contributed by atoms with E-state index in [4.69, 9.17) is 23.5 Å². The molecule has 4 rings (SSSR count). The molecule has 0 saturated carbocycles. The molecular weight excluding hydrogens is 394 g/mol. The number of aromatic nitrogens is 2. The van der Waals surface area contributed by atoms with Gasteiger partial charge in [-0.25, -0.2) is 4.79 Å². The highest BCUT2D eigenvalue weighted by Gasteiger charge is 2.23.